The van der Waals surface area contributed by atoms with Crippen molar-refractivity contribution in [3.8, 4) is 0 Å². The van der Waals surface area contributed by atoms with E-state index in [-0.39, 0.29) is 0 Å². The van der Waals surface area contributed by atoms with E-state index in [4.69, 9.17) is 4.74 Å². The highest BCUT2D eigenvalue weighted by atomic mass is 79.9. The Morgan fingerprint density at radius 1 is 1.39 bits per heavy atom. The summed E-state index contributed by atoms with van der Waals surface area (Å²) >= 11 is 3.48. The molecule has 1 saturated heterocycles. The maximum absolute atomic E-state index is 5.62. The van der Waals surface area contributed by atoms with Gasteiger partial charge in [0.2, 0.25) is 0 Å². The summed E-state index contributed by atoms with van der Waals surface area (Å²) in [6.45, 7) is 5.05. The van der Waals surface area contributed by atoms with Crippen LogP contribution in [0, 0.1) is 5.92 Å². The summed E-state index contributed by atoms with van der Waals surface area (Å²) in [5.41, 5.74) is 1.40. The maximum Gasteiger partial charge on any atom is 0.0509 e. The predicted octanol–water partition coefficient (Wildman–Crippen LogP) is 3.40. The fraction of sp³-hybridized carbons (Fsp3) is 0.600. The van der Waals surface area contributed by atoms with Gasteiger partial charge in [0.05, 0.1) is 6.61 Å². The van der Waals surface area contributed by atoms with Crippen LogP contribution in [-0.2, 0) is 11.2 Å². The first-order chi connectivity index (χ1) is 8.79. The van der Waals surface area contributed by atoms with Gasteiger partial charge in [-0.1, -0.05) is 35.0 Å². The van der Waals surface area contributed by atoms with E-state index in [1.54, 1.807) is 0 Å². The van der Waals surface area contributed by atoms with Crippen LogP contribution >= 0.6 is 15.9 Å². The third kappa shape index (κ3) is 4.08. The Balaban J connectivity index is 1.98. The van der Waals surface area contributed by atoms with Crippen LogP contribution in [0.15, 0.2) is 28.7 Å². The van der Waals surface area contributed by atoms with E-state index in [2.05, 4.69) is 52.4 Å². The molecule has 0 aliphatic carbocycles. The molecule has 1 N–H and O–H groups in total. The zero-order chi connectivity index (χ0) is 12.8. The first-order valence-electron chi connectivity index (χ1n) is 6.85. The molecule has 2 nitrogen and oxygen atoms in total. The van der Waals surface area contributed by atoms with Crippen molar-refractivity contribution in [2.75, 3.05) is 19.8 Å². The molecule has 100 valence electrons. The van der Waals surface area contributed by atoms with Crippen LogP contribution in [0.5, 0.6) is 0 Å². The molecule has 0 spiro atoms. The Morgan fingerprint density at radius 2 is 2.17 bits per heavy atom. The van der Waals surface area contributed by atoms with Gasteiger partial charge in [0, 0.05) is 17.1 Å². The largest absolute Gasteiger partial charge is 0.381 e. The second-order valence-electron chi connectivity index (χ2n) is 4.97. The van der Waals surface area contributed by atoms with Crippen LogP contribution < -0.4 is 5.32 Å². The molecule has 1 heterocycles. The standard InChI is InChI=1S/C15H22BrNO/c1-2-17-15(13-4-3-9-18-11-13)10-12-5-7-14(16)8-6-12/h5-8,13,15,17H,2-4,9-11H2,1H3. The molecule has 1 aromatic carbocycles. The van der Waals surface area contributed by atoms with Gasteiger partial charge in [-0.05, 0) is 49.4 Å². The fourth-order valence-electron chi connectivity index (χ4n) is 2.63. The lowest BCUT2D eigenvalue weighted by atomic mass is 9.89. The molecule has 0 radical (unpaired) electrons. The van der Waals surface area contributed by atoms with Crippen molar-refractivity contribution < 1.29 is 4.74 Å². The van der Waals surface area contributed by atoms with Crippen LogP contribution in [-0.4, -0.2) is 25.8 Å². The van der Waals surface area contributed by atoms with Gasteiger partial charge < -0.3 is 10.1 Å². The van der Waals surface area contributed by atoms with Crippen molar-refractivity contribution in [3.05, 3.63) is 34.3 Å². The lowest BCUT2D eigenvalue weighted by Crippen LogP contribution is -2.41. The quantitative estimate of drug-likeness (QED) is 0.900. The fourth-order valence-corrected chi connectivity index (χ4v) is 2.89. The lowest BCUT2D eigenvalue weighted by molar-refractivity contribution is 0.0396. The second-order valence-corrected chi connectivity index (χ2v) is 5.89. The van der Waals surface area contributed by atoms with Gasteiger partial charge in [-0.3, -0.25) is 0 Å². The summed E-state index contributed by atoms with van der Waals surface area (Å²) in [4.78, 5) is 0. The number of ether oxygens (including phenoxy) is 1. The van der Waals surface area contributed by atoms with Crippen LogP contribution in [0.2, 0.25) is 0 Å². The van der Waals surface area contributed by atoms with Crippen LogP contribution in [0.25, 0.3) is 0 Å². The molecule has 2 unspecified atom stereocenters. The molecule has 1 aliphatic rings. The van der Waals surface area contributed by atoms with E-state index in [0.717, 1.165) is 30.7 Å². The normalized spacial score (nSPS) is 21.8. The molecule has 0 amide bonds. The van der Waals surface area contributed by atoms with Gasteiger partial charge >= 0.3 is 0 Å². The summed E-state index contributed by atoms with van der Waals surface area (Å²) in [6.07, 6.45) is 3.58. The monoisotopic (exact) mass is 311 g/mol. The average molecular weight is 312 g/mol. The Kier molecular flexibility index (Phi) is 5.67. The molecular formula is C15H22BrNO. The first-order valence-corrected chi connectivity index (χ1v) is 7.64. The van der Waals surface area contributed by atoms with Gasteiger partial charge in [-0.25, -0.2) is 0 Å². The van der Waals surface area contributed by atoms with Gasteiger partial charge in [-0.2, -0.15) is 0 Å². The minimum atomic E-state index is 0.538. The molecule has 1 aliphatic heterocycles. The number of hydrogen-bond acceptors (Lipinski definition) is 2. The number of benzene rings is 1. The minimum Gasteiger partial charge on any atom is -0.381 e. The summed E-state index contributed by atoms with van der Waals surface area (Å²) in [7, 11) is 0. The number of nitrogens with one attached hydrogen (secondary N) is 1. The summed E-state index contributed by atoms with van der Waals surface area (Å²) in [5.74, 6) is 0.655. The highest BCUT2D eigenvalue weighted by Gasteiger charge is 2.23. The number of rotatable bonds is 5. The van der Waals surface area contributed by atoms with Crippen molar-refractivity contribution in [2.24, 2.45) is 5.92 Å². The Morgan fingerprint density at radius 3 is 2.78 bits per heavy atom. The SMILES string of the molecule is CCNC(Cc1ccc(Br)cc1)C1CCCOC1. The zero-order valence-corrected chi connectivity index (χ0v) is 12.6. The Hall–Kier alpha value is -0.380. The highest BCUT2D eigenvalue weighted by molar-refractivity contribution is 9.10. The molecule has 0 saturated carbocycles. The van der Waals surface area contributed by atoms with Crippen LogP contribution in [0.1, 0.15) is 25.3 Å². The minimum absolute atomic E-state index is 0.538. The second kappa shape index (κ2) is 7.27. The molecule has 2 atom stereocenters. The summed E-state index contributed by atoms with van der Waals surface area (Å²) in [5, 5.41) is 3.62. The van der Waals surface area contributed by atoms with Crippen LogP contribution in [0.4, 0.5) is 0 Å². The Labute approximate surface area is 118 Å². The van der Waals surface area contributed by atoms with Gasteiger partial charge in [0.1, 0.15) is 0 Å². The van der Waals surface area contributed by atoms with E-state index in [1.807, 2.05) is 0 Å². The van der Waals surface area contributed by atoms with E-state index >= 15 is 0 Å². The molecule has 1 aromatic rings. The number of likely N-dealkylation sites (N-methyl/N-ethyl adjacent to an activating group) is 1. The molecule has 3 heteroatoms. The number of halogens is 1. The van der Waals surface area contributed by atoms with E-state index in [0.29, 0.717) is 12.0 Å². The summed E-state index contributed by atoms with van der Waals surface area (Å²) in [6, 6.07) is 9.19. The summed E-state index contributed by atoms with van der Waals surface area (Å²) < 4.78 is 6.76. The van der Waals surface area contributed by atoms with Gasteiger partial charge in [0.25, 0.3) is 0 Å². The van der Waals surface area contributed by atoms with E-state index in [9.17, 15) is 0 Å². The average Bonchev–Trinajstić information content (AvgIpc) is 2.42. The van der Waals surface area contributed by atoms with E-state index < -0.39 is 0 Å². The van der Waals surface area contributed by atoms with Crippen molar-refractivity contribution in [1.82, 2.24) is 5.32 Å². The smallest absolute Gasteiger partial charge is 0.0509 e. The third-order valence-corrected chi connectivity index (χ3v) is 4.13. The lowest BCUT2D eigenvalue weighted by Gasteiger charge is -2.31. The molecular weight excluding hydrogens is 290 g/mol. The van der Waals surface area contributed by atoms with Crippen molar-refractivity contribution in [3.63, 3.8) is 0 Å². The maximum atomic E-state index is 5.62. The molecule has 18 heavy (non-hydrogen) atoms. The highest BCUT2D eigenvalue weighted by Crippen LogP contribution is 2.21. The predicted molar refractivity (Wildman–Crippen MR) is 78.9 cm³/mol. The van der Waals surface area contributed by atoms with E-state index in [1.165, 1.54) is 18.4 Å². The molecule has 0 bridgehead atoms. The van der Waals surface area contributed by atoms with Gasteiger partial charge in [-0.15, -0.1) is 0 Å². The molecule has 0 aromatic heterocycles. The Bertz CT molecular complexity index is 346. The first kappa shape index (κ1) is 14.0. The van der Waals surface area contributed by atoms with Crippen molar-refractivity contribution in [1.29, 1.82) is 0 Å². The van der Waals surface area contributed by atoms with Gasteiger partial charge in [0.15, 0.2) is 0 Å². The number of hydrogen-bond donors (Lipinski definition) is 1. The van der Waals surface area contributed by atoms with Crippen LogP contribution in [0.3, 0.4) is 0 Å². The topological polar surface area (TPSA) is 21.3 Å². The van der Waals surface area contributed by atoms with Crippen molar-refractivity contribution >= 4 is 15.9 Å². The third-order valence-electron chi connectivity index (χ3n) is 3.60. The zero-order valence-electron chi connectivity index (χ0n) is 11.0. The molecule has 2 rings (SSSR count). The molecule has 1 fully saturated rings. The van der Waals surface area contributed by atoms with Crippen molar-refractivity contribution in [2.45, 2.75) is 32.2 Å².